The Morgan fingerprint density at radius 1 is 1.47 bits per heavy atom. The van der Waals surface area contributed by atoms with E-state index in [0.29, 0.717) is 43.4 Å². The Morgan fingerprint density at radius 3 is 2.94 bits per heavy atom. The molecule has 11 nitrogen and oxygen atoms in total. The molecule has 0 saturated carbocycles. The van der Waals surface area contributed by atoms with Gasteiger partial charge in [0, 0.05) is 24.8 Å². The van der Waals surface area contributed by atoms with Crippen LogP contribution in [0, 0.1) is 6.92 Å². The average Bonchev–Trinajstić information content (AvgIpc) is 3.21. The van der Waals surface area contributed by atoms with E-state index in [1.807, 2.05) is 13.0 Å². The topological polar surface area (TPSA) is 142 Å². The molecule has 1 unspecified atom stereocenters. The van der Waals surface area contributed by atoms with Crippen molar-refractivity contribution in [2.75, 3.05) is 35.2 Å². The van der Waals surface area contributed by atoms with Gasteiger partial charge in [0.15, 0.2) is 5.82 Å². The number of aryl methyl sites for hydroxylation is 1. The number of anilines is 4. The van der Waals surface area contributed by atoms with Gasteiger partial charge >= 0.3 is 0 Å². The zero-order valence-electron chi connectivity index (χ0n) is 18.5. The Bertz CT molecular complexity index is 989. The number of aromatic nitrogens is 5. The van der Waals surface area contributed by atoms with Crippen LogP contribution < -0.4 is 21.3 Å². The number of allylic oxidation sites excluding steroid dienone is 2. The normalized spacial score (nSPS) is 18.4. The predicted molar refractivity (Wildman–Crippen MR) is 123 cm³/mol. The standard InChI is InChI=1S/C20H29FN10O/c1-5-14(21)10-23-17(22)13(4)24-18-26-19(25-16-9-12(3)29-30-16)28-20(27-18)31-7-8-32-15(6-2)11-31/h5,9-10,13,15H,1,6-8,11H2,2-4H3,(H2,22,23)(H3,24,25,26,27,28,29,30)/b14-10+/t13-,15?/m0/s1. The molecule has 32 heavy (non-hydrogen) atoms. The molecule has 0 aromatic carbocycles. The quantitative estimate of drug-likeness (QED) is 0.260. The van der Waals surface area contributed by atoms with Gasteiger partial charge in [0.1, 0.15) is 11.7 Å². The van der Waals surface area contributed by atoms with Gasteiger partial charge in [-0.3, -0.25) is 5.10 Å². The fraction of sp³-hybridized carbons (Fsp3) is 0.450. The third-order valence-electron chi connectivity index (χ3n) is 4.77. The molecular formula is C20H29FN10O. The highest BCUT2D eigenvalue weighted by Gasteiger charge is 2.23. The molecule has 0 aliphatic carbocycles. The molecule has 3 rings (SSSR count). The van der Waals surface area contributed by atoms with Crippen LogP contribution in [0.4, 0.5) is 28.1 Å². The maximum Gasteiger partial charge on any atom is 0.235 e. The predicted octanol–water partition coefficient (Wildman–Crippen LogP) is 2.42. The Hall–Kier alpha value is -3.54. The molecule has 2 aromatic rings. The van der Waals surface area contributed by atoms with Crippen molar-refractivity contribution in [1.29, 1.82) is 0 Å². The number of morpholine rings is 1. The zero-order valence-corrected chi connectivity index (χ0v) is 18.5. The fourth-order valence-corrected chi connectivity index (χ4v) is 2.94. The second-order valence-electron chi connectivity index (χ2n) is 7.33. The lowest BCUT2D eigenvalue weighted by Crippen LogP contribution is -2.43. The summed E-state index contributed by atoms with van der Waals surface area (Å²) in [5.74, 6) is 1.28. The smallest absolute Gasteiger partial charge is 0.235 e. The van der Waals surface area contributed by atoms with Gasteiger partial charge in [0.2, 0.25) is 17.8 Å². The summed E-state index contributed by atoms with van der Waals surface area (Å²) >= 11 is 0. The summed E-state index contributed by atoms with van der Waals surface area (Å²) in [5, 5.41) is 13.2. The van der Waals surface area contributed by atoms with Crippen LogP contribution in [-0.2, 0) is 4.74 Å². The number of hydrogen-bond acceptors (Lipinski definition) is 9. The largest absolute Gasteiger partial charge is 0.385 e. The molecule has 1 saturated heterocycles. The molecular weight excluding hydrogens is 415 g/mol. The van der Waals surface area contributed by atoms with Crippen LogP contribution in [0.1, 0.15) is 26.0 Å². The van der Waals surface area contributed by atoms with Crippen LogP contribution in [0.5, 0.6) is 0 Å². The maximum absolute atomic E-state index is 13.3. The molecule has 172 valence electrons. The van der Waals surface area contributed by atoms with E-state index in [2.05, 4.69) is 59.2 Å². The van der Waals surface area contributed by atoms with Crippen LogP contribution in [0.3, 0.4) is 0 Å². The van der Waals surface area contributed by atoms with Crippen molar-refractivity contribution in [3.8, 4) is 0 Å². The van der Waals surface area contributed by atoms with Crippen molar-refractivity contribution in [1.82, 2.24) is 25.1 Å². The zero-order chi connectivity index (χ0) is 23.1. The van der Waals surface area contributed by atoms with Gasteiger partial charge in [-0.2, -0.15) is 20.1 Å². The number of aliphatic imine (C=N–C) groups is 1. The van der Waals surface area contributed by atoms with Crippen molar-refractivity contribution in [3.63, 3.8) is 0 Å². The van der Waals surface area contributed by atoms with E-state index in [1.54, 1.807) is 6.92 Å². The highest BCUT2D eigenvalue weighted by Crippen LogP contribution is 2.20. The van der Waals surface area contributed by atoms with Gasteiger partial charge in [0.25, 0.3) is 0 Å². The number of aromatic amines is 1. The van der Waals surface area contributed by atoms with E-state index in [0.717, 1.165) is 24.4 Å². The Morgan fingerprint density at radius 2 is 2.25 bits per heavy atom. The number of ether oxygens (including phenoxy) is 1. The molecule has 0 bridgehead atoms. The highest BCUT2D eigenvalue weighted by atomic mass is 19.1. The lowest BCUT2D eigenvalue weighted by Gasteiger charge is -2.32. The second-order valence-corrected chi connectivity index (χ2v) is 7.33. The van der Waals surface area contributed by atoms with Crippen molar-refractivity contribution >= 4 is 29.5 Å². The number of nitrogens with one attached hydrogen (secondary N) is 3. The summed E-state index contributed by atoms with van der Waals surface area (Å²) in [7, 11) is 0. The summed E-state index contributed by atoms with van der Waals surface area (Å²) < 4.78 is 19.0. The molecule has 2 atom stereocenters. The van der Waals surface area contributed by atoms with Gasteiger partial charge in [-0.05, 0) is 26.3 Å². The number of hydrogen-bond donors (Lipinski definition) is 4. The minimum absolute atomic E-state index is 0.107. The molecule has 1 aliphatic rings. The Kier molecular flexibility index (Phi) is 7.71. The van der Waals surface area contributed by atoms with Crippen molar-refractivity contribution in [3.05, 3.63) is 36.4 Å². The Labute approximate surface area is 186 Å². The van der Waals surface area contributed by atoms with E-state index in [1.165, 1.54) is 0 Å². The molecule has 1 aliphatic heterocycles. The lowest BCUT2D eigenvalue weighted by atomic mass is 10.2. The maximum atomic E-state index is 13.3. The molecule has 12 heteroatoms. The molecule has 3 heterocycles. The molecule has 0 spiro atoms. The molecule has 0 amide bonds. The third kappa shape index (κ3) is 6.23. The molecule has 0 radical (unpaired) electrons. The average molecular weight is 445 g/mol. The summed E-state index contributed by atoms with van der Waals surface area (Å²) in [6, 6.07) is 1.37. The summed E-state index contributed by atoms with van der Waals surface area (Å²) in [4.78, 5) is 19.5. The first-order chi connectivity index (χ1) is 15.4. The monoisotopic (exact) mass is 444 g/mol. The number of halogens is 1. The van der Waals surface area contributed by atoms with Crippen molar-refractivity contribution in [2.24, 2.45) is 10.7 Å². The SMILES string of the molecule is C=C/C(F)=C\N=C(/N)[C@H](C)Nc1nc(Nc2cc(C)[nH]n2)nc(N2CCOC(CC)C2)n1. The highest BCUT2D eigenvalue weighted by molar-refractivity contribution is 5.88. The van der Waals surface area contributed by atoms with Gasteiger partial charge in [-0.1, -0.05) is 13.5 Å². The van der Waals surface area contributed by atoms with Crippen molar-refractivity contribution in [2.45, 2.75) is 39.3 Å². The van der Waals surface area contributed by atoms with E-state index >= 15 is 0 Å². The van der Waals surface area contributed by atoms with Crippen LogP contribution in [0.25, 0.3) is 0 Å². The Balaban J connectivity index is 1.86. The molecule has 2 aromatic heterocycles. The van der Waals surface area contributed by atoms with E-state index < -0.39 is 11.9 Å². The first kappa shape index (κ1) is 23.1. The molecule has 1 fully saturated rings. The summed E-state index contributed by atoms with van der Waals surface area (Å²) in [6.45, 7) is 11.0. The number of nitrogens with two attached hydrogens (primary N) is 1. The lowest BCUT2D eigenvalue weighted by molar-refractivity contribution is 0.0379. The van der Waals surface area contributed by atoms with Crippen LogP contribution in [-0.4, -0.2) is 62.8 Å². The van der Waals surface area contributed by atoms with E-state index in [-0.39, 0.29) is 11.9 Å². The number of amidine groups is 1. The van der Waals surface area contributed by atoms with E-state index in [4.69, 9.17) is 10.5 Å². The van der Waals surface area contributed by atoms with Crippen LogP contribution in [0.2, 0.25) is 0 Å². The van der Waals surface area contributed by atoms with Gasteiger partial charge in [0.05, 0.1) is 25.0 Å². The fourth-order valence-electron chi connectivity index (χ4n) is 2.94. The second kappa shape index (κ2) is 10.7. The van der Waals surface area contributed by atoms with Gasteiger partial charge in [-0.15, -0.1) is 0 Å². The first-order valence-electron chi connectivity index (χ1n) is 10.4. The first-order valence-corrected chi connectivity index (χ1v) is 10.4. The minimum Gasteiger partial charge on any atom is -0.385 e. The number of rotatable bonds is 9. The van der Waals surface area contributed by atoms with Gasteiger partial charge in [-0.25, -0.2) is 9.38 Å². The summed E-state index contributed by atoms with van der Waals surface area (Å²) in [6.07, 6.45) is 3.05. The van der Waals surface area contributed by atoms with Crippen LogP contribution in [0.15, 0.2) is 35.7 Å². The van der Waals surface area contributed by atoms with Crippen LogP contribution >= 0.6 is 0 Å². The number of nitrogens with zero attached hydrogens (tertiary/aromatic N) is 6. The van der Waals surface area contributed by atoms with Crippen molar-refractivity contribution < 1.29 is 9.13 Å². The molecule has 5 N–H and O–H groups in total. The van der Waals surface area contributed by atoms with Gasteiger partial charge < -0.3 is 26.0 Å². The number of H-pyrrole nitrogens is 1. The minimum atomic E-state index is -0.582. The summed E-state index contributed by atoms with van der Waals surface area (Å²) in [5.41, 5.74) is 6.86. The third-order valence-corrected chi connectivity index (χ3v) is 4.77. The van der Waals surface area contributed by atoms with E-state index in [9.17, 15) is 4.39 Å².